The van der Waals surface area contributed by atoms with E-state index in [-0.39, 0.29) is 29.1 Å². The molecule has 4 rings (SSSR count). The van der Waals surface area contributed by atoms with Crippen LogP contribution in [0.25, 0.3) is 11.0 Å². The lowest BCUT2D eigenvalue weighted by Gasteiger charge is -2.34. The number of hydrogen-bond acceptors (Lipinski definition) is 3. The van der Waals surface area contributed by atoms with Gasteiger partial charge in [0.25, 0.3) is 5.91 Å². The van der Waals surface area contributed by atoms with Crippen LogP contribution in [0.2, 0.25) is 0 Å². The maximum atomic E-state index is 14.0. The van der Waals surface area contributed by atoms with Crippen molar-refractivity contribution in [3.8, 4) is 0 Å². The lowest BCUT2D eigenvalue weighted by molar-refractivity contribution is -0.128. The van der Waals surface area contributed by atoms with Gasteiger partial charge in [0.05, 0.1) is 0 Å². The molecule has 0 radical (unpaired) electrons. The Hall–Kier alpha value is -2.37. The van der Waals surface area contributed by atoms with Crippen LogP contribution in [0.15, 0.2) is 22.6 Å². The third-order valence-electron chi connectivity index (χ3n) is 5.57. The number of carbonyl (C=O) groups excluding carboxylic acids is 2. The fraction of sp³-hybridized carbons (Fsp3) is 0.500. The number of amides is 2. The number of likely N-dealkylation sites (tertiary alicyclic amines) is 2. The molecule has 2 saturated heterocycles. The van der Waals surface area contributed by atoms with Crippen molar-refractivity contribution in [2.75, 3.05) is 26.2 Å². The molecular weight excluding hydrogens is 335 g/mol. The zero-order valence-electron chi connectivity index (χ0n) is 15.0. The lowest BCUT2D eigenvalue weighted by Crippen LogP contribution is -2.44. The van der Waals surface area contributed by atoms with E-state index in [0.29, 0.717) is 30.5 Å². The summed E-state index contributed by atoms with van der Waals surface area (Å²) in [6.07, 6.45) is 3.49. The molecule has 0 N–H and O–H groups in total. The SMILES string of the molecule is Cc1c(C(=O)N2CCC[C@H](CN3CCCC3=O)C2)oc2c(F)cccc12. The molecule has 0 spiro atoms. The molecule has 0 bridgehead atoms. The number of nitrogens with zero attached hydrogens (tertiary/aromatic N) is 2. The fourth-order valence-corrected chi connectivity index (χ4v) is 4.16. The first kappa shape index (κ1) is 17.1. The van der Waals surface area contributed by atoms with Crippen LogP contribution in [0.5, 0.6) is 0 Å². The molecule has 0 unspecified atom stereocenters. The molecule has 1 atom stereocenters. The van der Waals surface area contributed by atoms with E-state index in [1.165, 1.54) is 6.07 Å². The van der Waals surface area contributed by atoms with Crippen LogP contribution in [0, 0.1) is 18.7 Å². The van der Waals surface area contributed by atoms with Gasteiger partial charge in [-0.2, -0.15) is 0 Å². The van der Waals surface area contributed by atoms with E-state index in [2.05, 4.69) is 0 Å². The summed E-state index contributed by atoms with van der Waals surface area (Å²) in [6, 6.07) is 4.73. The summed E-state index contributed by atoms with van der Waals surface area (Å²) in [5, 5.41) is 0.643. The van der Waals surface area contributed by atoms with E-state index in [9.17, 15) is 14.0 Å². The Morgan fingerprint density at radius 2 is 2.15 bits per heavy atom. The van der Waals surface area contributed by atoms with Gasteiger partial charge in [-0.25, -0.2) is 4.39 Å². The number of para-hydroxylation sites is 1. The van der Waals surface area contributed by atoms with E-state index in [0.717, 1.165) is 32.4 Å². The number of rotatable bonds is 3. The Bertz CT molecular complexity index is 860. The molecule has 0 saturated carbocycles. The number of furan rings is 1. The van der Waals surface area contributed by atoms with Crippen molar-refractivity contribution >= 4 is 22.8 Å². The van der Waals surface area contributed by atoms with Crippen LogP contribution in [0.3, 0.4) is 0 Å². The van der Waals surface area contributed by atoms with Crippen molar-refractivity contribution in [3.63, 3.8) is 0 Å². The highest BCUT2D eigenvalue weighted by atomic mass is 19.1. The zero-order chi connectivity index (χ0) is 18.3. The number of carbonyl (C=O) groups is 2. The van der Waals surface area contributed by atoms with Crippen molar-refractivity contribution in [1.29, 1.82) is 0 Å². The van der Waals surface area contributed by atoms with Gasteiger partial charge in [0, 0.05) is 43.5 Å². The number of piperidine rings is 1. The van der Waals surface area contributed by atoms with Crippen molar-refractivity contribution in [2.24, 2.45) is 5.92 Å². The first-order valence-electron chi connectivity index (χ1n) is 9.29. The first-order valence-corrected chi connectivity index (χ1v) is 9.29. The Morgan fingerprint density at radius 3 is 2.88 bits per heavy atom. The maximum Gasteiger partial charge on any atom is 0.289 e. The van der Waals surface area contributed by atoms with E-state index in [1.54, 1.807) is 24.0 Å². The second-order valence-electron chi connectivity index (χ2n) is 7.38. The van der Waals surface area contributed by atoms with Crippen molar-refractivity contribution in [3.05, 3.63) is 35.3 Å². The minimum atomic E-state index is -0.450. The molecule has 2 aromatic rings. The molecule has 3 heterocycles. The normalized spacial score (nSPS) is 21.0. The van der Waals surface area contributed by atoms with Crippen LogP contribution in [0.4, 0.5) is 4.39 Å². The Morgan fingerprint density at radius 1 is 1.31 bits per heavy atom. The predicted octanol–water partition coefficient (Wildman–Crippen LogP) is 3.35. The molecule has 26 heavy (non-hydrogen) atoms. The highest BCUT2D eigenvalue weighted by Crippen LogP contribution is 2.29. The average molecular weight is 358 g/mol. The Labute approximate surface area is 151 Å². The van der Waals surface area contributed by atoms with Gasteiger partial charge in [-0.15, -0.1) is 0 Å². The molecule has 2 fully saturated rings. The molecule has 2 aliphatic rings. The minimum absolute atomic E-state index is 0.143. The standard InChI is InChI=1S/C20H23FN2O3/c1-13-15-6-2-7-16(21)19(15)26-18(13)20(25)23-10-3-5-14(12-23)11-22-9-4-8-17(22)24/h2,6-7,14H,3-5,8-12H2,1H3/t14-/m1/s1. The monoisotopic (exact) mass is 358 g/mol. The second-order valence-corrected chi connectivity index (χ2v) is 7.38. The van der Waals surface area contributed by atoms with Crippen LogP contribution in [0.1, 0.15) is 41.8 Å². The number of fused-ring (bicyclic) bond motifs is 1. The van der Waals surface area contributed by atoms with Gasteiger partial charge in [-0.1, -0.05) is 12.1 Å². The molecule has 5 nitrogen and oxygen atoms in total. The maximum absolute atomic E-state index is 14.0. The number of benzene rings is 1. The van der Waals surface area contributed by atoms with Gasteiger partial charge in [0.1, 0.15) is 0 Å². The third kappa shape index (κ3) is 2.97. The van der Waals surface area contributed by atoms with Crippen LogP contribution < -0.4 is 0 Å². The van der Waals surface area contributed by atoms with Gasteiger partial charge in [-0.3, -0.25) is 9.59 Å². The van der Waals surface area contributed by atoms with Gasteiger partial charge >= 0.3 is 0 Å². The average Bonchev–Trinajstić information content (AvgIpc) is 3.19. The topological polar surface area (TPSA) is 53.8 Å². The van der Waals surface area contributed by atoms with Gasteiger partial charge < -0.3 is 14.2 Å². The number of hydrogen-bond donors (Lipinski definition) is 0. The van der Waals surface area contributed by atoms with Gasteiger partial charge in [0.15, 0.2) is 17.2 Å². The summed E-state index contributed by atoms with van der Waals surface area (Å²) in [4.78, 5) is 28.5. The van der Waals surface area contributed by atoms with Crippen LogP contribution >= 0.6 is 0 Å². The smallest absolute Gasteiger partial charge is 0.289 e. The third-order valence-corrected chi connectivity index (χ3v) is 5.57. The molecule has 6 heteroatoms. The largest absolute Gasteiger partial charge is 0.448 e. The predicted molar refractivity (Wildman–Crippen MR) is 95.4 cm³/mol. The molecule has 1 aromatic carbocycles. The number of aryl methyl sites for hydroxylation is 1. The fourth-order valence-electron chi connectivity index (χ4n) is 4.16. The van der Waals surface area contributed by atoms with E-state index in [1.807, 2.05) is 4.90 Å². The summed E-state index contributed by atoms with van der Waals surface area (Å²) < 4.78 is 19.6. The summed E-state index contributed by atoms with van der Waals surface area (Å²) in [5.74, 6) is 0.0977. The molecule has 1 aromatic heterocycles. The lowest BCUT2D eigenvalue weighted by atomic mass is 9.97. The van der Waals surface area contributed by atoms with Crippen molar-refractivity contribution < 1.29 is 18.4 Å². The molecule has 0 aliphatic carbocycles. The molecule has 2 aliphatic heterocycles. The summed E-state index contributed by atoms with van der Waals surface area (Å²) >= 11 is 0. The summed E-state index contributed by atoms with van der Waals surface area (Å²) in [6.45, 7) is 4.62. The summed E-state index contributed by atoms with van der Waals surface area (Å²) in [7, 11) is 0. The van der Waals surface area contributed by atoms with E-state index < -0.39 is 5.82 Å². The quantitative estimate of drug-likeness (QED) is 0.845. The molecular formula is C20H23FN2O3. The Balaban J connectivity index is 1.52. The van der Waals surface area contributed by atoms with Crippen LogP contribution in [-0.4, -0.2) is 47.8 Å². The Kier molecular flexibility index (Phi) is 4.42. The highest BCUT2D eigenvalue weighted by molar-refractivity contribution is 5.99. The summed E-state index contributed by atoms with van der Waals surface area (Å²) in [5.41, 5.74) is 0.825. The van der Waals surface area contributed by atoms with E-state index in [4.69, 9.17) is 4.42 Å². The van der Waals surface area contributed by atoms with Crippen molar-refractivity contribution in [2.45, 2.75) is 32.6 Å². The zero-order valence-corrected chi connectivity index (χ0v) is 15.0. The van der Waals surface area contributed by atoms with Crippen LogP contribution in [-0.2, 0) is 4.79 Å². The minimum Gasteiger partial charge on any atom is -0.448 e. The molecule has 2 amide bonds. The molecule has 138 valence electrons. The second kappa shape index (κ2) is 6.74. The van der Waals surface area contributed by atoms with Crippen molar-refractivity contribution in [1.82, 2.24) is 9.80 Å². The first-order chi connectivity index (χ1) is 12.5. The van der Waals surface area contributed by atoms with E-state index >= 15 is 0 Å². The van der Waals surface area contributed by atoms with Gasteiger partial charge in [-0.05, 0) is 38.2 Å². The highest BCUT2D eigenvalue weighted by Gasteiger charge is 2.31. The number of halogens is 1. The van der Waals surface area contributed by atoms with Gasteiger partial charge in [0.2, 0.25) is 5.91 Å².